The first kappa shape index (κ1) is 13.2. The number of piperidine rings is 1. The Morgan fingerprint density at radius 1 is 1.30 bits per heavy atom. The van der Waals surface area contributed by atoms with E-state index >= 15 is 0 Å². The second kappa shape index (κ2) is 5.66. The smallest absolute Gasteiger partial charge is 0.238 e. The Labute approximate surface area is 116 Å². The normalized spacial score (nSPS) is 19.1. The van der Waals surface area contributed by atoms with Crippen LogP contribution in [0.3, 0.4) is 0 Å². The maximum absolute atomic E-state index is 13.0. The molecule has 20 heavy (non-hydrogen) atoms. The average Bonchev–Trinajstić information content (AvgIpc) is 2.89. The third-order valence-corrected chi connectivity index (χ3v) is 3.54. The minimum absolute atomic E-state index is 0.0961. The number of amides is 1. The van der Waals surface area contributed by atoms with Gasteiger partial charge in [0.2, 0.25) is 12.7 Å². The first-order chi connectivity index (χ1) is 9.70. The minimum atomic E-state index is -0.719. The van der Waals surface area contributed by atoms with Gasteiger partial charge in [-0.25, -0.2) is 4.39 Å². The van der Waals surface area contributed by atoms with Crippen LogP contribution in [0.1, 0.15) is 12.8 Å². The number of nitrogens with zero attached hydrogens (tertiary/aromatic N) is 1. The highest BCUT2D eigenvalue weighted by molar-refractivity contribution is 5.92. The van der Waals surface area contributed by atoms with Crippen LogP contribution in [0.25, 0.3) is 0 Å². The molecule has 1 aromatic carbocycles. The van der Waals surface area contributed by atoms with E-state index in [0.29, 0.717) is 49.7 Å². The number of carbonyl (C=O) groups excluding carboxylic acids is 1. The van der Waals surface area contributed by atoms with Crippen molar-refractivity contribution in [3.63, 3.8) is 0 Å². The van der Waals surface area contributed by atoms with E-state index < -0.39 is 6.17 Å². The van der Waals surface area contributed by atoms with Crippen LogP contribution < -0.4 is 14.8 Å². The summed E-state index contributed by atoms with van der Waals surface area (Å²) in [5.74, 6) is 1.23. The molecule has 0 saturated carbocycles. The summed E-state index contributed by atoms with van der Waals surface area (Å²) in [5, 5.41) is 2.82. The number of halogens is 1. The number of ether oxygens (including phenoxy) is 2. The highest BCUT2D eigenvalue weighted by atomic mass is 19.1. The fourth-order valence-electron chi connectivity index (χ4n) is 2.44. The molecule has 2 aliphatic rings. The number of fused-ring (bicyclic) bond motifs is 1. The van der Waals surface area contributed by atoms with E-state index in [2.05, 4.69) is 5.32 Å². The monoisotopic (exact) mass is 280 g/mol. The second-order valence-corrected chi connectivity index (χ2v) is 5.07. The molecular formula is C14H17FN2O3. The van der Waals surface area contributed by atoms with Gasteiger partial charge in [-0.3, -0.25) is 9.69 Å². The van der Waals surface area contributed by atoms with Crippen LogP contribution in [0.4, 0.5) is 10.1 Å². The van der Waals surface area contributed by atoms with Gasteiger partial charge in [-0.1, -0.05) is 0 Å². The topological polar surface area (TPSA) is 50.8 Å². The molecule has 5 nitrogen and oxygen atoms in total. The third kappa shape index (κ3) is 3.01. The fourth-order valence-corrected chi connectivity index (χ4v) is 2.44. The van der Waals surface area contributed by atoms with E-state index in [9.17, 15) is 9.18 Å². The van der Waals surface area contributed by atoms with Gasteiger partial charge in [0.1, 0.15) is 6.17 Å². The number of alkyl halides is 1. The van der Waals surface area contributed by atoms with E-state index in [-0.39, 0.29) is 12.7 Å². The molecule has 0 spiro atoms. The molecule has 2 heterocycles. The van der Waals surface area contributed by atoms with Gasteiger partial charge in [0.25, 0.3) is 0 Å². The van der Waals surface area contributed by atoms with E-state index in [1.165, 1.54) is 0 Å². The summed E-state index contributed by atoms with van der Waals surface area (Å²) in [7, 11) is 0. The van der Waals surface area contributed by atoms with Crippen LogP contribution in [-0.4, -0.2) is 43.4 Å². The van der Waals surface area contributed by atoms with Crippen LogP contribution in [0, 0.1) is 0 Å². The molecule has 1 aromatic rings. The van der Waals surface area contributed by atoms with Gasteiger partial charge in [-0.2, -0.15) is 0 Å². The average molecular weight is 280 g/mol. The first-order valence-electron chi connectivity index (χ1n) is 6.76. The summed E-state index contributed by atoms with van der Waals surface area (Å²) < 4.78 is 23.5. The van der Waals surface area contributed by atoms with E-state index in [1.54, 1.807) is 18.2 Å². The predicted molar refractivity (Wildman–Crippen MR) is 71.8 cm³/mol. The lowest BCUT2D eigenvalue weighted by Gasteiger charge is -2.27. The van der Waals surface area contributed by atoms with Crippen LogP contribution in [-0.2, 0) is 4.79 Å². The van der Waals surface area contributed by atoms with Crippen LogP contribution in [0.15, 0.2) is 18.2 Å². The van der Waals surface area contributed by atoms with Crippen LogP contribution >= 0.6 is 0 Å². The quantitative estimate of drug-likeness (QED) is 0.917. The number of carbonyl (C=O) groups is 1. The summed E-state index contributed by atoms with van der Waals surface area (Å²) in [6.07, 6.45) is 0.303. The lowest BCUT2D eigenvalue weighted by molar-refractivity contribution is -0.117. The molecule has 1 fully saturated rings. The first-order valence-corrected chi connectivity index (χ1v) is 6.76. The lowest BCUT2D eigenvalue weighted by atomic mass is 10.1. The van der Waals surface area contributed by atoms with Crippen molar-refractivity contribution in [2.75, 3.05) is 31.7 Å². The highest BCUT2D eigenvalue weighted by Gasteiger charge is 2.20. The molecule has 0 aromatic heterocycles. The molecular weight excluding hydrogens is 263 g/mol. The molecule has 2 aliphatic heterocycles. The van der Waals surface area contributed by atoms with E-state index in [1.807, 2.05) is 4.90 Å². The molecule has 0 atom stereocenters. The number of hydrogen-bond donors (Lipinski definition) is 1. The van der Waals surface area contributed by atoms with Crippen LogP contribution in [0.5, 0.6) is 11.5 Å². The standard InChI is InChI=1S/C14H17FN2O3/c15-10-3-5-17(6-4-10)8-14(18)16-11-1-2-12-13(7-11)20-9-19-12/h1-2,7,10H,3-6,8-9H2,(H,16,18). The molecule has 108 valence electrons. The Kier molecular flexibility index (Phi) is 3.73. The van der Waals surface area contributed by atoms with Gasteiger partial charge >= 0.3 is 0 Å². The summed E-state index contributed by atoms with van der Waals surface area (Å²) in [4.78, 5) is 13.9. The number of hydrogen-bond acceptors (Lipinski definition) is 4. The molecule has 1 saturated heterocycles. The van der Waals surface area contributed by atoms with Crippen molar-refractivity contribution in [1.82, 2.24) is 4.90 Å². The Bertz CT molecular complexity index is 501. The van der Waals surface area contributed by atoms with Crippen molar-refractivity contribution < 1.29 is 18.7 Å². The molecule has 0 aliphatic carbocycles. The molecule has 1 N–H and O–H groups in total. The maximum Gasteiger partial charge on any atom is 0.238 e. The zero-order chi connectivity index (χ0) is 13.9. The van der Waals surface area contributed by atoms with Crippen molar-refractivity contribution in [1.29, 1.82) is 0 Å². The lowest BCUT2D eigenvalue weighted by Crippen LogP contribution is -2.39. The van der Waals surface area contributed by atoms with Crippen molar-refractivity contribution >= 4 is 11.6 Å². The number of likely N-dealkylation sites (tertiary alicyclic amines) is 1. The Morgan fingerprint density at radius 3 is 2.85 bits per heavy atom. The Balaban J connectivity index is 1.54. The number of benzene rings is 1. The zero-order valence-electron chi connectivity index (χ0n) is 11.1. The fraction of sp³-hybridized carbons (Fsp3) is 0.500. The molecule has 1 amide bonds. The van der Waals surface area contributed by atoms with Crippen molar-refractivity contribution in [3.05, 3.63) is 18.2 Å². The van der Waals surface area contributed by atoms with Crippen molar-refractivity contribution in [2.45, 2.75) is 19.0 Å². The van der Waals surface area contributed by atoms with Gasteiger partial charge < -0.3 is 14.8 Å². The maximum atomic E-state index is 13.0. The third-order valence-electron chi connectivity index (χ3n) is 3.54. The van der Waals surface area contributed by atoms with Gasteiger partial charge in [-0.15, -0.1) is 0 Å². The number of rotatable bonds is 3. The molecule has 3 rings (SSSR count). The van der Waals surface area contributed by atoms with Gasteiger partial charge in [0.15, 0.2) is 11.5 Å². The van der Waals surface area contributed by atoms with Crippen LogP contribution in [0.2, 0.25) is 0 Å². The summed E-state index contributed by atoms with van der Waals surface area (Å²) in [6, 6.07) is 5.29. The van der Waals surface area contributed by atoms with Crippen molar-refractivity contribution in [2.24, 2.45) is 0 Å². The summed E-state index contributed by atoms with van der Waals surface area (Å²) in [6.45, 7) is 1.78. The molecule has 0 unspecified atom stereocenters. The molecule has 6 heteroatoms. The largest absolute Gasteiger partial charge is 0.454 e. The van der Waals surface area contributed by atoms with E-state index in [4.69, 9.17) is 9.47 Å². The van der Waals surface area contributed by atoms with Gasteiger partial charge in [0, 0.05) is 24.8 Å². The predicted octanol–water partition coefficient (Wildman–Crippen LogP) is 1.79. The number of nitrogens with one attached hydrogen (secondary N) is 1. The Morgan fingerprint density at radius 2 is 2.05 bits per heavy atom. The van der Waals surface area contributed by atoms with E-state index in [0.717, 1.165) is 0 Å². The SMILES string of the molecule is O=C(CN1CCC(F)CC1)Nc1ccc2c(c1)OCO2. The summed E-state index contributed by atoms with van der Waals surface area (Å²) >= 11 is 0. The zero-order valence-corrected chi connectivity index (χ0v) is 11.1. The summed E-state index contributed by atoms with van der Waals surface area (Å²) in [5.41, 5.74) is 0.680. The van der Waals surface area contributed by atoms with Gasteiger partial charge in [0.05, 0.1) is 6.54 Å². The van der Waals surface area contributed by atoms with Gasteiger partial charge in [-0.05, 0) is 25.0 Å². The minimum Gasteiger partial charge on any atom is -0.454 e. The van der Waals surface area contributed by atoms with Crippen molar-refractivity contribution in [3.8, 4) is 11.5 Å². The molecule has 0 bridgehead atoms. The Hall–Kier alpha value is -1.82. The highest BCUT2D eigenvalue weighted by Crippen LogP contribution is 2.34. The second-order valence-electron chi connectivity index (χ2n) is 5.07. The molecule has 0 radical (unpaired) electrons. The number of anilines is 1.